The molecule has 2 aromatic heterocycles. The van der Waals surface area contributed by atoms with Crippen LogP contribution in [0.1, 0.15) is 16.8 Å². The molecule has 4 rings (SSSR count). The zero-order valence-electron chi connectivity index (χ0n) is 14.3. The minimum Gasteiger partial charge on any atom is -0.340 e. The van der Waals surface area contributed by atoms with Crippen molar-refractivity contribution in [1.29, 1.82) is 0 Å². The molecule has 2 heterocycles. The predicted octanol–water partition coefficient (Wildman–Crippen LogP) is 4.15. The first kappa shape index (κ1) is 16.3. The van der Waals surface area contributed by atoms with E-state index in [9.17, 15) is 0 Å². The topological polar surface area (TPSA) is 50.7 Å². The van der Waals surface area contributed by atoms with Gasteiger partial charge in [0.1, 0.15) is 17.8 Å². The molecule has 0 bridgehead atoms. The molecule has 0 saturated heterocycles. The number of terminal acetylenes is 1. The summed E-state index contributed by atoms with van der Waals surface area (Å²) in [5.41, 5.74) is 4.11. The van der Waals surface area contributed by atoms with E-state index in [1.165, 1.54) is 6.33 Å². The van der Waals surface area contributed by atoms with Crippen molar-refractivity contribution in [3.05, 3.63) is 90.0 Å². The maximum Gasteiger partial charge on any atom is 0.141 e. The Morgan fingerprint density at radius 1 is 0.815 bits per heavy atom. The molecule has 0 fully saturated rings. The van der Waals surface area contributed by atoms with Crippen molar-refractivity contribution in [3.8, 4) is 24.2 Å². The van der Waals surface area contributed by atoms with E-state index in [2.05, 4.69) is 38.0 Å². The van der Waals surface area contributed by atoms with Crippen molar-refractivity contribution in [1.82, 2.24) is 15.0 Å². The maximum absolute atomic E-state index is 5.48. The second kappa shape index (κ2) is 7.39. The number of pyridine rings is 1. The van der Waals surface area contributed by atoms with E-state index in [4.69, 9.17) is 6.42 Å². The summed E-state index contributed by atoms with van der Waals surface area (Å²) >= 11 is 0. The van der Waals surface area contributed by atoms with Crippen LogP contribution in [0.2, 0.25) is 0 Å². The zero-order valence-corrected chi connectivity index (χ0v) is 14.3. The van der Waals surface area contributed by atoms with Gasteiger partial charge in [0, 0.05) is 28.4 Å². The van der Waals surface area contributed by atoms with Crippen molar-refractivity contribution in [2.75, 3.05) is 5.32 Å². The third-order valence-electron chi connectivity index (χ3n) is 3.93. The Kier molecular flexibility index (Phi) is 4.47. The van der Waals surface area contributed by atoms with Gasteiger partial charge in [-0.15, -0.1) is 6.42 Å². The summed E-state index contributed by atoms with van der Waals surface area (Å²) in [4.78, 5) is 12.9. The van der Waals surface area contributed by atoms with Crippen molar-refractivity contribution in [2.24, 2.45) is 0 Å². The lowest BCUT2D eigenvalue weighted by Gasteiger charge is -2.09. The molecule has 0 atom stereocenters. The molecule has 0 spiro atoms. The highest BCUT2D eigenvalue weighted by atomic mass is 15.0. The summed E-state index contributed by atoms with van der Waals surface area (Å²) in [6.45, 7) is 0. The van der Waals surface area contributed by atoms with E-state index in [1.54, 1.807) is 6.20 Å². The van der Waals surface area contributed by atoms with Crippen LogP contribution in [0.25, 0.3) is 10.9 Å². The molecule has 0 radical (unpaired) electrons. The normalized spacial score (nSPS) is 9.89. The van der Waals surface area contributed by atoms with E-state index >= 15 is 0 Å². The summed E-state index contributed by atoms with van der Waals surface area (Å²) in [7, 11) is 0. The molecule has 4 heteroatoms. The highest BCUT2D eigenvalue weighted by molar-refractivity contribution is 5.91. The van der Waals surface area contributed by atoms with Crippen molar-refractivity contribution in [3.63, 3.8) is 0 Å². The number of rotatable bonds is 2. The number of fused-ring (bicyclic) bond motifs is 1. The molecule has 0 unspecified atom stereocenters. The van der Waals surface area contributed by atoms with Crippen molar-refractivity contribution >= 4 is 22.4 Å². The SMILES string of the molecule is C#Cc1cccc(Nc2ncnc3ccc(C#Cc4ccccn4)cc23)c1. The fourth-order valence-electron chi connectivity index (χ4n) is 2.63. The molecule has 126 valence electrons. The summed E-state index contributed by atoms with van der Waals surface area (Å²) in [6, 6.07) is 19.1. The van der Waals surface area contributed by atoms with Gasteiger partial charge in [-0.2, -0.15) is 0 Å². The largest absolute Gasteiger partial charge is 0.340 e. The molecule has 0 aliphatic heterocycles. The molecule has 4 aromatic rings. The first-order valence-corrected chi connectivity index (χ1v) is 8.33. The highest BCUT2D eigenvalue weighted by Gasteiger charge is 2.05. The Morgan fingerprint density at radius 2 is 1.78 bits per heavy atom. The fourth-order valence-corrected chi connectivity index (χ4v) is 2.63. The van der Waals surface area contributed by atoms with E-state index < -0.39 is 0 Å². The lowest BCUT2D eigenvalue weighted by atomic mass is 10.1. The Bertz CT molecular complexity index is 1210. The Balaban J connectivity index is 1.71. The summed E-state index contributed by atoms with van der Waals surface area (Å²) < 4.78 is 0. The van der Waals surface area contributed by atoms with Gasteiger partial charge in [0.15, 0.2) is 0 Å². The fraction of sp³-hybridized carbons (Fsp3) is 0. The van der Waals surface area contributed by atoms with E-state index in [-0.39, 0.29) is 0 Å². The van der Waals surface area contributed by atoms with Crippen LogP contribution in [-0.2, 0) is 0 Å². The molecule has 27 heavy (non-hydrogen) atoms. The predicted molar refractivity (Wildman–Crippen MR) is 107 cm³/mol. The lowest BCUT2D eigenvalue weighted by Crippen LogP contribution is -1.96. The smallest absolute Gasteiger partial charge is 0.141 e. The van der Waals surface area contributed by atoms with Gasteiger partial charge in [0.25, 0.3) is 0 Å². The average Bonchev–Trinajstić information content (AvgIpc) is 2.73. The van der Waals surface area contributed by atoms with Gasteiger partial charge >= 0.3 is 0 Å². The zero-order chi connectivity index (χ0) is 18.5. The second-order valence-corrected chi connectivity index (χ2v) is 5.77. The number of anilines is 2. The summed E-state index contributed by atoms with van der Waals surface area (Å²) in [5.74, 6) is 9.54. The van der Waals surface area contributed by atoms with Gasteiger partial charge in [0.05, 0.1) is 5.52 Å². The van der Waals surface area contributed by atoms with Gasteiger partial charge in [0.2, 0.25) is 0 Å². The van der Waals surface area contributed by atoms with E-state index in [0.29, 0.717) is 5.82 Å². The second-order valence-electron chi connectivity index (χ2n) is 5.77. The Morgan fingerprint density at radius 3 is 2.63 bits per heavy atom. The standard InChI is InChI=1S/C23H14N4/c1-2-17-6-5-8-20(14-17)27-23-21-15-18(10-12-22(21)25-16-26-23)9-11-19-7-3-4-13-24-19/h1,3-8,10,12-16H,(H,25,26,27). The van der Waals surface area contributed by atoms with Crippen molar-refractivity contribution in [2.45, 2.75) is 0 Å². The number of nitrogens with one attached hydrogen (secondary N) is 1. The minimum absolute atomic E-state index is 0.704. The van der Waals surface area contributed by atoms with Crippen LogP contribution >= 0.6 is 0 Å². The number of benzene rings is 2. The number of hydrogen-bond donors (Lipinski definition) is 1. The number of nitrogens with zero attached hydrogens (tertiary/aromatic N) is 3. The van der Waals surface area contributed by atoms with Crippen LogP contribution in [0, 0.1) is 24.2 Å². The maximum atomic E-state index is 5.48. The van der Waals surface area contributed by atoms with Crippen LogP contribution in [0.5, 0.6) is 0 Å². The monoisotopic (exact) mass is 346 g/mol. The molecule has 2 aromatic carbocycles. The Labute approximate surface area is 157 Å². The Hall–Kier alpha value is -4.15. The van der Waals surface area contributed by atoms with Gasteiger partial charge in [-0.25, -0.2) is 15.0 Å². The van der Waals surface area contributed by atoms with Crippen LogP contribution < -0.4 is 5.32 Å². The van der Waals surface area contributed by atoms with Gasteiger partial charge in [-0.3, -0.25) is 0 Å². The molecule has 0 saturated carbocycles. The van der Waals surface area contributed by atoms with Gasteiger partial charge in [-0.05, 0) is 54.5 Å². The van der Waals surface area contributed by atoms with E-state index in [0.717, 1.165) is 33.4 Å². The molecule has 4 nitrogen and oxygen atoms in total. The van der Waals surface area contributed by atoms with E-state index in [1.807, 2.05) is 60.7 Å². The first-order chi connectivity index (χ1) is 13.3. The van der Waals surface area contributed by atoms with Crippen LogP contribution in [-0.4, -0.2) is 15.0 Å². The number of hydrogen-bond acceptors (Lipinski definition) is 4. The summed E-state index contributed by atoms with van der Waals surface area (Å²) in [5, 5.41) is 4.20. The summed E-state index contributed by atoms with van der Waals surface area (Å²) in [6.07, 6.45) is 8.74. The average molecular weight is 346 g/mol. The van der Waals surface area contributed by atoms with Crippen molar-refractivity contribution < 1.29 is 0 Å². The quantitative estimate of drug-likeness (QED) is 0.554. The molecule has 1 N–H and O–H groups in total. The lowest BCUT2D eigenvalue weighted by molar-refractivity contribution is 1.22. The molecule has 0 amide bonds. The molecular weight excluding hydrogens is 332 g/mol. The third-order valence-corrected chi connectivity index (χ3v) is 3.93. The first-order valence-electron chi connectivity index (χ1n) is 8.33. The molecular formula is C23H14N4. The highest BCUT2D eigenvalue weighted by Crippen LogP contribution is 2.24. The molecule has 0 aliphatic carbocycles. The van der Waals surface area contributed by atoms with Crippen LogP contribution in [0.15, 0.2) is 73.2 Å². The van der Waals surface area contributed by atoms with Gasteiger partial charge < -0.3 is 5.32 Å². The molecule has 0 aliphatic rings. The van der Waals surface area contributed by atoms with Crippen LogP contribution in [0.3, 0.4) is 0 Å². The van der Waals surface area contributed by atoms with Gasteiger partial charge in [-0.1, -0.05) is 24.0 Å². The van der Waals surface area contributed by atoms with Crippen LogP contribution in [0.4, 0.5) is 11.5 Å². The minimum atomic E-state index is 0.704. The number of aromatic nitrogens is 3. The third kappa shape index (κ3) is 3.76.